The van der Waals surface area contributed by atoms with Crippen molar-refractivity contribution >= 4 is 0 Å². The largest absolute Gasteiger partial charge is 0.385 e. The first-order chi connectivity index (χ1) is 5.86. The highest BCUT2D eigenvalue weighted by atomic mass is 16.5. The Kier molecular flexibility index (Phi) is 4.67. The lowest BCUT2D eigenvalue weighted by Gasteiger charge is -2.27. The number of methoxy groups -OCH3 is 1. The molecule has 0 aromatic rings. The van der Waals surface area contributed by atoms with Crippen LogP contribution in [-0.4, -0.2) is 13.7 Å². The predicted octanol–water partition coefficient (Wildman–Crippen LogP) is 3.24. The lowest BCUT2D eigenvalue weighted by atomic mass is 9.80. The van der Waals surface area contributed by atoms with Gasteiger partial charge in [0.2, 0.25) is 0 Å². The van der Waals surface area contributed by atoms with Gasteiger partial charge in [0.05, 0.1) is 0 Å². The van der Waals surface area contributed by atoms with Gasteiger partial charge in [-0.25, -0.2) is 0 Å². The first-order valence-electron chi connectivity index (χ1n) is 5.35. The van der Waals surface area contributed by atoms with Crippen LogP contribution in [0.4, 0.5) is 0 Å². The molecule has 1 nitrogen and oxygen atoms in total. The van der Waals surface area contributed by atoms with Crippen LogP contribution in [0.2, 0.25) is 0 Å². The van der Waals surface area contributed by atoms with Crippen molar-refractivity contribution in [3.8, 4) is 0 Å². The topological polar surface area (TPSA) is 9.23 Å². The van der Waals surface area contributed by atoms with Crippen molar-refractivity contribution in [3.05, 3.63) is 0 Å². The number of ether oxygens (including phenoxy) is 1. The first-order valence-corrected chi connectivity index (χ1v) is 5.35. The SMILES string of the molecule is CCC1CCC(CCOC)CC1. The number of hydrogen-bond acceptors (Lipinski definition) is 1. The van der Waals surface area contributed by atoms with Gasteiger partial charge in [-0.2, -0.15) is 0 Å². The average molecular weight is 170 g/mol. The van der Waals surface area contributed by atoms with E-state index < -0.39 is 0 Å². The zero-order valence-corrected chi connectivity index (χ0v) is 8.51. The molecule has 1 fully saturated rings. The highest BCUT2D eigenvalue weighted by Crippen LogP contribution is 2.32. The minimum atomic E-state index is 0.960. The standard InChI is InChI=1S/C11H22O/c1-3-10-4-6-11(7-5-10)8-9-12-2/h10-11H,3-9H2,1-2H3. The van der Waals surface area contributed by atoms with E-state index in [1.165, 1.54) is 38.5 Å². The van der Waals surface area contributed by atoms with Crippen LogP contribution in [0, 0.1) is 11.8 Å². The lowest BCUT2D eigenvalue weighted by molar-refractivity contribution is 0.156. The van der Waals surface area contributed by atoms with Crippen molar-refractivity contribution in [2.24, 2.45) is 11.8 Å². The Bertz CT molecular complexity index is 104. The Morgan fingerprint density at radius 2 is 1.67 bits per heavy atom. The molecule has 0 amide bonds. The third kappa shape index (κ3) is 3.14. The Morgan fingerprint density at radius 3 is 2.17 bits per heavy atom. The van der Waals surface area contributed by atoms with E-state index in [1.807, 2.05) is 0 Å². The highest BCUT2D eigenvalue weighted by molar-refractivity contribution is 4.71. The smallest absolute Gasteiger partial charge is 0.0464 e. The minimum Gasteiger partial charge on any atom is -0.385 e. The van der Waals surface area contributed by atoms with Gasteiger partial charge in [-0.1, -0.05) is 39.0 Å². The summed E-state index contributed by atoms with van der Waals surface area (Å²) in [5.74, 6) is 2.00. The molecule has 0 aromatic heterocycles. The minimum absolute atomic E-state index is 0.960. The molecular formula is C11H22O. The third-order valence-corrected chi connectivity index (χ3v) is 3.27. The van der Waals surface area contributed by atoms with Gasteiger partial charge in [0.25, 0.3) is 0 Å². The summed E-state index contributed by atoms with van der Waals surface area (Å²) in [6.07, 6.45) is 8.49. The van der Waals surface area contributed by atoms with Crippen LogP contribution < -0.4 is 0 Å². The van der Waals surface area contributed by atoms with Crippen LogP contribution in [0.1, 0.15) is 45.4 Å². The monoisotopic (exact) mass is 170 g/mol. The maximum absolute atomic E-state index is 5.10. The van der Waals surface area contributed by atoms with E-state index >= 15 is 0 Å². The molecule has 1 rings (SSSR count). The molecule has 72 valence electrons. The fourth-order valence-electron chi connectivity index (χ4n) is 2.21. The van der Waals surface area contributed by atoms with Crippen LogP contribution in [0.15, 0.2) is 0 Å². The van der Waals surface area contributed by atoms with Crippen molar-refractivity contribution in [1.29, 1.82) is 0 Å². The Balaban J connectivity index is 2.09. The fourth-order valence-corrected chi connectivity index (χ4v) is 2.21. The summed E-state index contributed by atoms with van der Waals surface area (Å²) >= 11 is 0. The van der Waals surface area contributed by atoms with Gasteiger partial charge >= 0.3 is 0 Å². The number of rotatable bonds is 4. The number of hydrogen-bond donors (Lipinski definition) is 0. The second-order valence-corrected chi connectivity index (χ2v) is 4.08. The molecule has 1 aliphatic rings. The summed E-state index contributed by atoms with van der Waals surface area (Å²) in [5.41, 5.74) is 0. The first kappa shape index (κ1) is 10.0. The maximum atomic E-state index is 5.10. The van der Waals surface area contributed by atoms with Crippen molar-refractivity contribution < 1.29 is 4.74 Å². The summed E-state index contributed by atoms with van der Waals surface area (Å²) in [7, 11) is 1.80. The quantitative estimate of drug-likeness (QED) is 0.629. The van der Waals surface area contributed by atoms with Gasteiger partial charge in [-0.3, -0.25) is 0 Å². The van der Waals surface area contributed by atoms with Crippen LogP contribution in [0.5, 0.6) is 0 Å². The summed E-state index contributed by atoms with van der Waals surface area (Å²) in [5, 5.41) is 0. The molecule has 0 spiro atoms. The molecule has 1 aliphatic carbocycles. The van der Waals surface area contributed by atoms with E-state index in [4.69, 9.17) is 4.74 Å². The molecular weight excluding hydrogens is 148 g/mol. The summed E-state index contributed by atoms with van der Waals surface area (Å²) < 4.78 is 5.10. The maximum Gasteiger partial charge on any atom is 0.0464 e. The van der Waals surface area contributed by atoms with Crippen molar-refractivity contribution in [1.82, 2.24) is 0 Å². The normalized spacial score (nSPS) is 30.5. The summed E-state index contributed by atoms with van der Waals surface area (Å²) in [6.45, 7) is 3.28. The Labute approximate surface area is 76.5 Å². The molecule has 0 aromatic carbocycles. The molecule has 0 aliphatic heterocycles. The molecule has 1 heteroatoms. The summed E-state index contributed by atoms with van der Waals surface area (Å²) in [4.78, 5) is 0. The van der Waals surface area contributed by atoms with E-state index in [2.05, 4.69) is 6.92 Å². The van der Waals surface area contributed by atoms with Gasteiger partial charge in [0, 0.05) is 13.7 Å². The zero-order valence-electron chi connectivity index (χ0n) is 8.51. The Morgan fingerprint density at radius 1 is 1.08 bits per heavy atom. The van der Waals surface area contributed by atoms with Crippen LogP contribution in [0.3, 0.4) is 0 Å². The second kappa shape index (κ2) is 5.58. The van der Waals surface area contributed by atoms with E-state index in [0.29, 0.717) is 0 Å². The lowest BCUT2D eigenvalue weighted by Crippen LogP contribution is -2.15. The molecule has 0 saturated heterocycles. The van der Waals surface area contributed by atoms with E-state index in [-0.39, 0.29) is 0 Å². The van der Waals surface area contributed by atoms with E-state index in [9.17, 15) is 0 Å². The van der Waals surface area contributed by atoms with Crippen LogP contribution >= 0.6 is 0 Å². The molecule has 0 unspecified atom stereocenters. The average Bonchev–Trinajstić information content (AvgIpc) is 2.15. The van der Waals surface area contributed by atoms with Crippen molar-refractivity contribution in [3.63, 3.8) is 0 Å². The molecule has 0 radical (unpaired) electrons. The third-order valence-electron chi connectivity index (χ3n) is 3.27. The second-order valence-electron chi connectivity index (χ2n) is 4.08. The van der Waals surface area contributed by atoms with Gasteiger partial charge in [0.15, 0.2) is 0 Å². The van der Waals surface area contributed by atoms with Crippen LogP contribution in [-0.2, 0) is 4.74 Å². The van der Waals surface area contributed by atoms with Gasteiger partial charge in [-0.15, -0.1) is 0 Å². The van der Waals surface area contributed by atoms with Crippen molar-refractivity contribution in [2.45, 2.75) is 45.4 Å². The summed E-state index contributed by atoms with van der Waals surface area (Å²) in [6, 6.07) is 0. The van der Waals surface area contributed by atoms with E-state index in [0.717, 1.165) is 18.4 Å². The van der Waals surface area contributed by atoms with Gasteiger partial charge < -0.3 is 4.74 Å². The molecule has 1 saturated carbocycles. The molecule has 0 atom stereocenters. The predicted molar refractivity (Wildman–Crippen MR) is 52.2 cm³/mol. The molecule has 12 heavy (non-hydrogen) atoms. The molecule has 0 heterocycles. The van der Waals surface area contributed by atoms with E-state index in [1.54, 1.807) is 7.11 Å². The zero-order chi connectivity index (χ0) is 8.81. The molecule has 0 N–H and O–H groups in total. The fraction of sp³-hybridized carbons (Fsp3) is 1.00. The van der Waals surface area contributed by atoms with Gasteiger partial charge in [-0.05, 0) is 18.3 Å². The Hall–Kier alpha value is -0.0400. The van der Waals surface area contributed by atoms with Crippen LogP contribution in [0.25, 0.3) is 0 Å². The molecule has 0 bridgehead atoms. The van der Waals surface area contributed by atoms with Crippen molar-refractivity contribution in [2.75, 3.05) is 13.7 Å². The highest BCUT2D eigenvalue weighted by Gasteiger charge is 2.19. The van der Waals surface area contributed by atoms with Gasteiger partial charge in [0.1, 0.15) is 0 Å².